The van der Waals surface area contributed by atoms with Crippen LogP contribution in [0.3, 0.4) is 0 Å². The Morgan fingerprint density at radius 2 is 0.694 bits per heavy atom. The van der Waals surface area contributed by atoms with Gasteiger partial charge >= 0.3 is 5.97 Å². The lowest BCUT2D eigenvalue weighted by molar-refractivity contribution is -0.134. The standard InChI is InChI=1S/C34H66O2/c1-5-8-11-14-17-20-23-26-29-34(32(4)33(35)36,30-27-24-21-18-15-12-9-6-2)31-28-25-22-19-16-13-10-7-3/h4-31H2,1-3H3,(H,35,36). The van der Waals surface area contributed by atoms with Crippen LogP contribution in [0.15, 0.2) is 12.2 Å². The van der Waals surface area contributed by atoms with Gasteiger partial charge in [-0.05, 0) is 19.3 Å². The number of carboxylic acid groups (broad SMARTS) is 1. The summed E-state index contributed by atoms with van der Waals surface area (Å²) in [4.78, 5) is 12.2. The molecule has 0 bridgehead atoms. The molecule has 2 heteroatoms. The van der Waals surface area contributed by atoms with Crippen molar-refractivity contribution in [1.29, 1.82) is 0 Å². The summed E-state index contributed by atoms with van der Waals surface area (Å²) in [7, 11) is 0. The largest absolute Gasteiger partial charge is 0.478 e. The number of hydrogen-bond donors (Lipinski definition) is 1. The van der Waals surface area contributed by atoms with Crippen LogP contribution in [0.1, 0.15) is 194 Å². The number of aliphatic carboxylic acids is 1. The molecule has 0 amide bonds. The maximum Gasteiger partial charge on any atom is 0.331 e. The van der Waals surface area contributed by atoms with Crippen molar-refractivity contribution < 1.29 is 9.90 Å². The monoisotopic (exact) mass is 507 g/mol. The molecular weight excluding hydrogens is 440 g/mol. The molecule has 2 nitrogen and oxygen atoms in total. The fourth-order valence-electron chi connectivity index (χ4n) is 5.85. The predicted molar refractivity (Wildman–Crippen MR) is 161 cm³/mol. The van der Waals surface area contributed by atoms with Crippen LogP contribution in [0.4, 0.5) is 0 Å². The second-order valence-electron chi connectivity index (χ2n) is 11.7. The van der Waals surface area contributed by atoms with Crippen molar-refractivity contribution >= 4 is 5.97 Å². The molecule has 36 heavy (non-hydrogen) atoms. The van der Waals surface area contributed by atoms with Crippen molar-refractivity contribution in [3.05, 3.63) is 12.2 Å². The van der Waals surface area contributed by atoms with Crippen molar-refractivity contribution in [2.24, 2.45) is 5.41 Å². The van der Waals surface area contributed by atoms with E-state index in [2.05, 4.69) is 27.4 Å². The second-order valence-corrected chi connectivity index (χ2v) is 11.7. The fourth-order valence-corrected chi connectivity index (χ4v) is 5.85. The highest BCUT2D eigenvalue weighted by Gasteiger charge is 2.35. The Morgan fingerprint density at radius 3 is 0.917 bits per heavy atom. The molecule has 0 aliphatic carbocycles. The van der Waals surface area contributed by atoms with Crippen LogP contribution >= 0.6 is 0 Å². The van der Waals surface area contributed by atoms with Gasteiger partial charge in [-0.3, -0.25) is 0 Å². The molecule has 0 radical (unpaired) electrons. The Bertz CT molecular complexity index is 445. The van der Waals surface area contributed by atoms with E-state index in [0.29, 0.717) is 5.57 Å². The third-order valence-corrected chi connectivity index (χ3v) is 8.42. The minimum atomic E-state index is -0.756. The van der Waals surface area contributed by atoms with Gasteiger partial charge in [-0.1, -0.05) is 181 Å². The van der Waals surface area contributed by atoms with Gasteiger partial charge in [0.2, 0.25) is 0 Å². The summed E-state index contributed by atoms with van der Waals surface area (Å²) in [5.74, 6) is -0.756. The minimum absolute atomic E-state index is 0.182. The molecule has 214 valence electrons. The van der Waals surface area contributed by atoms with E-state index in [4.69, 9.17) is 0 Å². The highest BCUT2D eigenvalue weighted by Crippen LogP contribution is 2.43. The summed E-state index contributed by atoms with van der Waals surface area (Å²) >= 11 is 0. The van der Waals surface area contributed by atoms with Gasteiger partial charge in [0, 0.05) is 11.0 Å². The molecule has 0 spiro atoms. The van der Waals surface area contributed by atoms with E-state index < -0.39 is 5.97 Å². The van der Waals surface area contributed by atoms with Gasteiger partial charge in [0.05, 0.1) is 0 Å². The highest BCUT2D eigenvalue weighted by molar-refractivity contribution is 5.87. The lowest BCUT2D eigenvalue weighted by Crippen LogP contribution is -2.28. The van der Waals surface area contributed by atoms with Crippen LogP contribution in [0.5, 0.6) is 0 Å². The smallest absolute Gasteiger partial charge is 0.331 e. The molecule has 0 rings (SSSR count). The zero-order valence-electron chi connectivity index (χ0n) is 25.2. The number of rotatable bonds is 29. The van der Waals surface area contributed by atoms with Crippen LogP contribution in [0.2, 0.25) is 0 Å². The third-order valence-electron chi connectivity index (χ3n) is 8.42. The summed E-state index contributed by atoms with van der Waals surface area (Å²) in [5.41, 5.74) is 0.328. The van der Waals surface area contributed by atoms with Gasteiger partial charge in [0.15, 0.2) is 0 Å². The lowest BCUT2D eigenvalue weighted by Gasteiger charge is -2.35. The van der Waals surface area contributed by atoms with E-state index in [9.17, 15) is 9.90 Å². The van der Waals surface area contributed by atoms with Gasteiger partial charge < -0.3 is 5.11 Å². The first-order valence-corrected chi connectivity index (χ1v) is 16.5. The summed E-state index contributed by atoms with van der Waals surface area (Å²) in [6.07, 6.45) is 34.4. The van der Waals surface area contributed by atoms with E-state index in [1.165, 1.54) is 135 Å². The van der Waals surface area contributed by atoms with Gasteiger partial charge in [0.1, 0.15) is 0 Å². The van der Waals surface area contributed by atoms with Crippen LogP contribution in [-0.4, -0.2) is 11.1 Å². The van der Waals surface area contributed by atoms with E-state index in [1.54, 1.807) is 0 Å². The molecule has 0 fully saturated rings. The minimum Gasteiger partial charge on any atom is -0.478 e. The zero-order chi connectivity index (χ0) is 26.7. The number of carbonyl (C=O) groups is 1. The Morgan fingerprint density at radius 1 is 0.472 bits per heavy atom. The van der Waals surface area contributed by atoms with Crippen molar-refractivity contribution in [1.82, 2.24) is 0 Å². The van der Waals surface area contributed by atoms with Crippen molar-refractivity contribution in [3.8, 4) is 0 Å². The average molecular weight is 507 g/mol. The second kappa shape index (κ2) is 25.8. The van der Waals surface area contributed by atoms with E-state index in [0.717, 1.165) is 38.5 Å². The Hall–Kier alpha value is -0.790. The predicted octanol–water partition coefficient (Wildman–Crippen LogP) is 12.2. The fraction of sp³-hybridized carbons (Fsp3) is 0.912. The van der Waals surface area contributed by atoms with Crippen LogP contribution in [0.25, 0.3) is 0 Å². The molecule has 0 unspecified atom stereocenters. The van der Waals surface area contributed by atoms with Crippen LogP contribution in [0, 0.1) is 5.41 Å². The maximum absolute atomic E-state index is 12.2. The highest BCUT2D eigenvalue weighted by atomic mass is 16.4. The molecule has 0 atom stereocenters. The third kappa shape index (κ3) is 19.3. The first kappa shape index (κ1) is 35.2. The molecule has 0 aromatic heterocycles. The lowest BCUT2D eigenvalue weighted by atomic mass is 9.69. The summed E-state index contributed by atoms with van der Waals surface area (Å²) < 4.78 is 0. The average Bonchev–Trinajstić information content (AvgIpc) is 2.87. The first-order valence-electron chi connectivity index (χ1n) is 16.5. The number of carboxylic acids is 1. The molecular formula is C34H66O2. The van der Waals surface area contributed by atoms with Crippen molar-refractivity contribution in [3.63, 3.8) is 0 Å². The molecule has 0 aromatic rings. The molecule has 0 aliphatic heterocycles. The van der Waals surface area contributed by atoms with Crippen molar-refractivity contribution in [2.45, 2.75) is 194 Å². The molecule has 0 aliphatic rings. The van der Waals surface area contributed by atoms with Gasteiger partial charge in [-0.25, -0.2) is 4.79 Å². The Balaban J connectivity index is 4.76. The zero-order valence-corrected chi connectivity index (χ0v) is 25.2. The summed E-state index contributed by atoms with van der Waals surface area (Å²) in [5, 5.41) is 9.99. The maximum atomic E-state index is 12.2. The molecule has 1 N–H and O–H groups in total. The van der Waals surface area contributed by atoms with Crippen molar-refractivity contribution in [2.75, 3.05) is 0 Å². The normalized spacial score (nSPS) is 11.8. The molecule has 0 saturated carbocycles. The SMILES string of the molecule is C=C(C(=O)O)C(CCCCCCCCCC)(CCCCCCCCCC)CCCCCCCCCC. The first-order chi connectivity index (χ1) is 17.5. The Labute approximate surface area is 227 Å². The Kier molecular flexibility index (Phi) is 25.3. The number of unbranched alkanes of at least 4 members (excludes halogenated alkanes) is 21. The number of hydrogen-bond acceptors (Lipinski definition) is 1. The van der Waals surface area contributed by atoms with E-state index in [-0.39, 0.29) is 5.41 Å². The van der Waals surface area contributed by atoms with Gasteiger partial charge in [-0.15, -0.1) is 0 Å². The summed E-state index contributed by atoms with van der Waals surface area (Å²) in [6.45, 7) is 11.0. The molecule has 0 heterocycles. The van der Waals surface area contributed by atoms with Crippen LogP contribution < -0.4 is 0 Å². The quantitative estimate of drug-likeness (QED) is 0.0808. The van der Waals surface area contributed by atoms with E-state index >= 15 is 0 Å². The van der Waals surface area contributed by atoms with Gasteiger partial charge in [-0.2, -0.15) is 0 Å². The van der Waals surface area contributed by atoms with E-state index in [1.807, 2.05) is 0 Å². The van der Waals surface area contributed by atoms with Gasteiger partial charge in [0.25, 0.3) is 0 Å². The topological polar surface area (TPSA) is 37.3 Å². The van der Waals surface area contributed by atoms with Crippen LogP contribution in [-0.2, 0) is 4.79 Å². The molecule has 0 saturated heterocycles. The summed E-state index contributed by atoms with van der Waals surface area (Å²) in [6, 6.07) is 0. The molecule has 0 aromatic carbocycles.